The van der Waals surface area contributed by atoms with Gasteiger partial charge in [-0.15, -0.1) is 0 Å². The molecule has 134 valence electrons. The van der Waals surface area contributed by atoms with E-state index in [4.69, 9.17) is 0 Å². The third-order valence-corrected chi connectivity index (χ3v) is 4.26. The molecule has 0 bridgehead atoms. The predicted molar refractivity (Wildman–Crippen MR) is 105 cm³/mol. The van der Waals surface area contributed by atoms with E-state index in [-0.39, 0.29) is 5.91 Å². The first-order valence-electron chi connectivity index (χ1n) is 8.65. The molecular formula is C21H19N5O. The Morgan fingerprint density at radius 3 is 2.44 bits per heavy atom. The van der Waals surface area contributed by atoms with Crippen molar-refractivity contribution >= 4 is 11.6 Å². The van der Waals surface area contributed by atoms with Gasteiger partial charge in [-0.3, -0.25) is 4.79 Å². The van der Waals surface area contributed by atoms with Crippen molar-refractivity contribution in [2.24, 2.45) is 0 Å². The van der Waals surface area contributed by atoms with Crippen LogP contribution in [0, 0.1) is 13.8 Å². The van der Waals surface area contributed by atoms with Gasteiger partial charge in [-0.05, 0) is 68.4 Å². The Bertz CT molecular complexity index is 1080. The molecule has 0 spiro atoms. The molecule has 27 heavy (non-hydrogen) atoms. The highest BCUT2D eigenvalue weighted by atomic mass is 16.1. The number of hydrogen-bond acceptors (Lipinski definition) is 3. The molecule has 0 saturated heterocycles. The summed E-state index contributed by atoms with van der Waals surface area (Å²) in [6, 6.07) is 18.8. The standard InChI is InChI=1S/C21H19N5O/c1-15-13-16(2)26(24-15)19-9-7-17(8-10-19)21(27)23-18-5-3-6-20(14-18)25-12-4-11-22-25/h3-14H,1-2H3,(H,23,27). The van der Waals surface area contributed by atoms with E-state index >= 15 is 0 Å². The number of anilines is 1. The third-order valence-electron chi connectivity index (χ3n) is 4.26. The minimum absolute atomic E-state index is 0.160. The van der Waals surface area contributed by atoms with Crippen molar-refractivity contribution in [3.8, 4) is 11.4 Å². The molecule has 4 aromatic rings. The summed E-state index contributed by atoms with van der Waals surface area (Å²) in [5.74, 6) is -0.160. The van der Waals surface area contributed by atoms with Crippen molar-refractivity contribution in [2.45, 2.75) is 13.8 Å². The molecule has 4 rings (SSSR count). The van der Waals surface area contributed by atoms with Crippen LogP contribution in [0.4, 0.5) is 5.69 Å². The van der Waals surface area contributed by atoms with Crippen molar-refractivity contribution in [1.29, 1.82) is 0 Å². The minimum atomic E-state index is -0.160. The van der Waals surface area contributed by atoms with Crippen LogP contribution in [-0.4, -0.2) is 25.5 Å². The number of nitrogens with one attached hydrogen (secondary N) is 1. The first-order chi connectivity index (χ1) is 13.1. The molecule has 2 aromatic heterocycles. The summed E-state index contributed by atoms with van der Waals surface area (Å²) in [5, 5.41) is 11.6. The van der Waals surface area contributed by atoms with E-state index < -0.39 is 0 Å². The molecular weight excluding hydrogens is 338 g/mol. The van der Waals surface area contributed by atoms with E-state index in [0.717, 1.165) is 28.5 Å². The molecule has 0 radical (unpaired) electrons. The Morgan fingerprint density at radius 1 is 0.963 bits per heavy atom. The largest absolute Gasteiger partial charge is 0.322 e. The molecule has 0 aliphatic heterocycles. The van der Waals surface area contributed by atoms with Crippen LogP contribution in [0.3, 0.4) is 0 Å². The summed E-state index contributed by atoms with van der Waals surface area (Å²) in [4.78, 5) is 12.6. The maximum absolute atomic E-state index is 12.6. The number of carbonyl (C=O) groups excluding carboxylic acids is 1. The van der Waals surface area contributed by atoms with Gasteiger partial charge in [0.1, 0.15) is 0 Å². The van der Waals surface area contributed by atoms with E-state index in [1.54, 1.807) is 23.0 Å². The van der Waals surface area contributed by atoms with Crippen molar-refractivity contribution in [3.05, 3.63) is 90.0 Å². The van der Waals surface area contributed by atoms with Crippen LogP contribution in [0.2, 0.25) is 0 Å². The zero-order valence-corrected chi connectivity index (χ0v) is 15.1. The number of carbonyl (C=O) groups is 1. The number of benzene rings is 2. The Balaban J connectivity index is 1.52. The molecule has 0 saturated carbocycles. The molecule has 0 aliphatic carbocycles. The van der Waals surface area contributed by atoms with Gasteiger partial charge in [0.05, 0.1) is 17.1 Å². The topological polar surface area (TPSA) is 64.7 Å². The molecule has 0 atom stereocenters. The monoisotopic (exact) mass is 357 g/mol. The fourth-order valence-electron chi connectivity index (χ4n) is 3.00. The maximum atomic E-state index is 12.6. The van der Waals surface area contributed by atoms with Crippen LogP contribution in [0.5, 0.6) is 0 Å². The van der Waals surface area contributed by atoms with E-state index in [0.29, 0.717) is 5.56 Å². The molecule has 0 aliphatic rings. The summed E-state index contributed by atoms with van der Waals surface area (Å²) in [7, 11) is 0. The second kappa shape index (κ2) is 6.92. The van der Waals surface area contributed by atoms with Gasteiger partial charge < -0.3 is 5.32 Å². The fraction of sp³-hybridized carbons (Fsp3) is 0.0952. The first-order valence-corrected chi connectivity index (χ1v) is 8.65. The molecule has 1 amide bonds. The lowest BCUT2D eigenvalue weighted by molar-refractivity contribution is 0.102. The highest BCUT2D eigenvalue weighted by Crippen LogP contribution is 2.17. The van der Waals surface area contributed by atoms with Crippen molar-refractivity contribution in [1.82, 2.24) is 19.6 Å². The van der Waals surface area contributed by atoms with Gasteiger partial charge in [-0.2, -0.15) is 10.2 Å². The van der Waals surface area contributed by atoms with Crippen LogP contribution in [0.1, 0.15) is 21.7 Å². The molecule has 1 N–H and O–H groups in total. The van der Waals surface area contributed by atoms with E-state index in [1.807, 2.05) is 73.3 Å². The zero-order valence-electron chi connectivity index (χ0n) is 15.1. The fourth-order valence-corrected chi connectivity index (χ4v) is 3.00. The third kappa shape index (κ3) is 3.50. The number of hydrogen-bond donors (Lipinski definition) is 1. The lowest BCUT2D eigenvalue weighted by Gasteiger charge is -2.09. The van der Waals surface area contributed by atoms with Crippen molar-refractivity contribution in [3.63, 3.8) is 0 Å². The molecule has 2 heterocycles. The molecule has 6 nitrogen and oxygen atoms in total. The second-order valence-corrected chi connectivity index (χ2v) is 6.34. The maximum Gasteiger partial charge on any atom is 0.255 e. The van der Waals surface area contributed by atoms with Gasteiger partial charge in [-0.1, -0.05) is 6.07 Å². The van der Waals surface area contributed by atoms with E-state index in [2.05, 4.69) is 15.5 Å². The summed E-state index contributed by atoms with van der Waals surface area (Å²) >= 11 is 0. The SMILES string of the molecule is Cc1cc(C)n(-c2ccc(C(=O)Nc3cccc(-n4cccn4)c3)cc2)n1. The van der Waals surface area contributed by atoms with Gasteiger partial charge in [0.15, 0.2) is 0 Å². The van der Waals surface area contributed by atoms with Gasteiger partial charge in [0.25, 0.3) is 5.91 Å². The van der Waals surface area contributed by atoms with Gasteiger partial charge in [-0.25, -0.2) is 9.36 Å². The highest BCUT2D eigenvalue weighted by Gasteiger charge is 2.09. The van der Waals surface area contributed by atoms with Crippen molar-refractivity contribution in [2.75, 3.05) is 5.32 Å². The van der Waals surface area contributed by atoms with Gasteiger partial charge >= 0.3 is 0 Å². The average molecular weight is 357 g/mol. The van der Waals surface area contributed by atoms with Crippen molar-refractivity contribution < 1.29 is 4.79 Å². The Hall–Kier alpha value is -3.67. The number of rotatable bonds is 4. The Labute approximate surface area is 157 Å². The number of amides is 1. The lowest BCUT2D eigenvalue weighted by atomic mass is 10.2. The normalized spacial score (nSPS) is 10.7. The van der Waals surface area contributed by atoms with E-state index in [1.165, 1.54) is 0 Å². The predicted octanol–water partition coefficient (Wildman–Crippen LogP) is 3.93. The molecule has 0 fully saturated rings. The molecule has 0 unspecified atom stereocenters. The number of aryl methyl sites for hydroxylation is 2. The Morgan fingerprint density at radius 2 is 1.78 bits per heavy atom. The Kier molecular flexibility index (Phi) is 4.30. The summed E-state index contributed by atoms with van der Waals surface area (Å²) < 4.78 is 3.61. The summed E-state index contributed by atoms with van der Waals surface area (Å²) in [6.07, 6.45) is 3.58. The van der Waals surface area contributed by atoms with Crippen LogP contribution in [0.15, 0.2) is 73.1 Å². The first kappa shape index (κ1) is 16.8. The van der Waals surface area contributed by atoms with Crippen LogP contribution < -0.4 is 5.32 Å². The van der Waals surface area contributed by atoms with Gasteiger partial charge in [0, 0.05) is 29.3 Å². The molecule has 6 heteroatoms. The second-order valence-electron chi connectivity index (χ2n) is 6.34. The average Bonchev–Trinajstić information content (AvgIpc) is 3.32. The lowest BCUT2D eigenvalue weighted by Crippen LogP contribution is -2.12. The zero-order chi connectivity index (χ0) is 18.8. The summed E-state index contributed by atoms with van der Waals surface area (Å²) in [6.45, 7) is 3.97. The van der Waals surface area contributed by atoms with Crippen LogP contribution in [0.25, 0.3) is 11.4 Å². The molecule has 2 aromatic carbocycles. The quantitative estimate of drug-likeness (QED) is 0.602. The number of nitrogens with zero attached hydrogens (tertiary/aromatic N) is 4. The number of aromatic nitrogens is 4. The highest BCUT2D eigenvalue weighted by molar-refractivity contribution is 6.04. The van der Waals surface area contributed by atoms with Crippen LogP contribution in [-0.2, 0) is 0 Å². The minimum Gasteiger partial charge on any atom is -0.322 e. The smallest absolute Gasteiger partial charge is 0.255 e. The summed E-state index contributed by atoms with van der Waals surface area (Å²) in [5.41, 5.74) is 5.14. The van der Waals surface area contributed by atoms with Crippen LogP contribution >= 0.6 is 0 Å². The van der Waals surface area contributed by atoms with Gasteiger partial charge in [0.2, 0.25) is 0 Å². The van der Waals surface area contributed by atoms with E-state index in [9.17, 15) is 4.79 Å².